The van der Waals surface area contributed by atoms with E-state index in [2.05, 4.69) is 27.7 Å². The lowest BCUT2D eigenvalue weighted by Crippen LogP contribution is -2.46. The summed E-state index contributed by atoms with van der Waals surface area (Å²) >= 11 is 0. The number of anilines is 1. The lowest BCUT2D eigenvalue weighted by molar-refractivity contribution is -0.138. The quantitative estimate of drug-likeness (QED) is 0.903. The Morgan fingerprint density at radius 2 is 1.96 bits per heavy atom. The lowest BCUT2D eigenvalue weighted by atomic mass is 9.97. The average molecular weight is 319 g/mol. The van der Waals surface area contributed by atoms with Gasteiger partial charge in [0.15, 0.2) is 0 Å². The zero-order valence-corrected chi connectivity index (χ0v) is 14.2. The fourth-order valence-electron chi connectivity index (χ4n) is 2.74. The highest BCUT2D eigenvalue weighted by molar-refractivity contribution is 5.97. The Morgan fingerprint density at radius 1 is 1.26 bits per heavy atom. The Bertz CT molecular complexity index is 595. The van der Waals surface area contributed by atoms with Crippen molar-refractivity contribution in [3.63, 3.8) is 0 Å². The maximum atomic E-state index is 12.5. The first-order chi connectivity index (χ1) is 10.8. The van der Waals surface area contributed by atoms with Crippen LogP contribution in [0.5, 0.6) is 5.75 Å². The van der Waals surface area contributed by atoms with Crippen LogP contribution >= 0.6 is 0 Å². The Hall–Kier alpha value is -2.04. The second kappa shape index (κ2) is 7.02. The van der Waals surface area contributed by atoms with E-state index in [0.717, 1.165) is 17.0 Å². The van der Waals surface area contributed by atoms with Gasteiger partial charge in [-0.3, -0.25) is 9.59 Å². The maximum Gasteiger partial charge on any atom is 0.303 e. The van der Waals surface area contributed by atoms with Crippen LogP contribution in [0.3, 0.4) is 0 Å². The molecule has 1 N–H and O–H groups in total. The number of carbonyl (C=O) groups excluding carboxylic acids is 1. The van der Waals surface area contributed by atoms with Crippen LogP contribution in [0.1, 0.15) is 52.0 Å². The van der Waals surface area contributed by atoms with E-state index >= 15 is 0 Å². The molecule has 0 aliphatic carbocycles. The Morgan fingerprint density at radius 3 is 2.52 bits per heavy atom. The van der Waals surface area contributed by atoms with Crippen molar-refractivity contribution in [3.8, 4) is 5.75 Å². The first kappa shape index (κ1) is 17.3. The van der Waals surface area contributed by atoms with Gasteiger partial charge in [-0.15, -0.1) is 0 Å². The average Bonchev–Trinajstić information content (AvgIpc) is 2.50. The Kier molecular flexibility index (Phi) is 5.29. The van der Waals surface area contributed by atoms with Crippen molar-refractivity contribution < 1.29 is 19.4 Å². The number of hydrogen-bond acceptors (Lipinski definition) is 3. The molecular weight excluding hydrogens is 294 g/mol. The predicted octanol–water partition coefficient (Wildman–Crippen LogP) is 3.42. The van der Waals surface area contributed by atoms with Crippen LogP contribution in [0.4, 0.5) is 5.69 Å². The topological polar surface area (TPSA) is 66.8 Å². The van der Waals surface area contributed by atoms with Gasteiger partial charge in [0.2, 0.25) is 5.91 Å². The number of hydrogen-bond donors (Lipinski definition) is 1. The summed E-state index contributed by atoms with van der Waals surface area (Å²) in [6.45, 7) is 8.77. The summed E-state index contributed by atoms with van der Waals surface area (Å²) in [6.07, 6.45) is -0.232. The fraction of sp³-hybridized carbons (Fsp3) is 0.556. The standard InChI is InChI=1S/C18H25NO4/c1-11(2)13-6-5-7-14-18(13)23-15(12(3)4)10-19(14)16(20)8-9-17(21)22/h5-7,11-12,15H,8-10H2,1-4H3,(H,21,22). The van der Waals surface area contributed by atoms with Gasteiger partial charge < -0.3 is 14.7 Å². The number of ether oxygens (including phenoxy) is 1. The van der Waals surface area contributed by atoms with Gasteiger partial charge in [0, 0.05) is 6.42 Å². The van der Waals surface area contributed by atoms with Crippen molar-refractivity contribution in [2.24, 2.45) is 5.92 Å². The first-order valence-corrected chi connectivity index (χ1v) is 8.13. The van der Waals surface area contributed by atoms with Gasteiger partial charge in [0.25, 0.3) is 0 Å². The van der Waals surface area contributed by atoms with Crippen molar-refractivity contribution in [1.29, 1.82) is 0 Å². The lowest BCUT2D eigenvalue weighted by Gasteiger charge is -2.38. The summed E-state index contributed by atoms with van der Waals surface area (Å²) < 4.78 is 6.18. The van der Waals surface area contributed by atoms with Crippen LogP contribution in [0.15, 0.2) is 18.2 Å². The smallest absolute Gasteiger partial charge is 0.303 e. The molecule has 1 aromatic rings. The summed E-state index contributed by atoms with van der Waals surface area (Å²) in [4.78, 5) is 25.0. The van der Waals surface area contributed by atoms with Gasteiger partial charge in [-0.2, -0.15) is 0 Å². The molecule has 0 fully saturated rings. The van der Waals surface area contributed by atoms with Gasteiger partial charge in [-0.1, -0.05) is 39.8 Å². The number of carboxylic acids is 1. The van der Waals surface area contributed by atoms with Crippen LogP contribution in [0, 0.1) is 5.92 Å². The molecule has 5 heteroatoms. The normalized spacial score (nSPS) is 17.1. The van der Waals surface area contributed by atoms with E-state index in [1.807, 2.05) is 18.2 Å². The first-order valence-electron chi connectivity index (χ1n) is 8.13. The van der Waals surface area contributed by atoms with E-state index in [4.69, 9.17) is 9.84 Å². The highest BCUT2D eigenvalue weighted by atomic mass is 16.5. The second-order valence-corrected chi connectivity index (χ2v) is 6.65. The minimum Gasteiger partial charge on any atom is -0.486 e. The van der Waals surface area contributed by atoms with Crippen LogP contribution in [0.25, 0.3) is 0 Å². The van der Waals surface area contributed by atoms with Gasteiger partial charge in [0.05, 0.1) is 18.7 Å². The maximum absolute atomic E-state index is 12.5. The Balaban J connectivity index is 2.38. The fourth-order valence-corrected chi connectivity index (χ4v) is 2.74. The highest BCUT2D eigenvalue weighted by Gasteiger charge is 2.33. The van der Waals surface area contributed by atoms with Crippen molar-refractivity contribution in [2.45, 2.75) is 52.6 Å². The molecule has 0 spiro atoms. The predicted molar refractivity (Wildman–Crippen MR) is 89.0 cm³/mol. The summed E-state index contributed by atoms with van der Waals surface area (Å²) in [5.41, 5.74) is 1.83. The summed E-state index contributed by atoms with van der Waals surface area (Å²) in [5, 5.41) is 8.82. The highest BCUT2D eigenvalue weighted by Crippen LogP contribution is 2.41. The Labute approximate surface area is 137 Å². The minimum absolute atomic E-state index is 0.00545. The molecule has 0 saturated heterocycles. The molecule has 1 aromatic carbocycles. The van der Waals surface area contributed by atoms with E-state index in [1.54, 1.807) is 4.90 Å². The molecule has 1 aliphatic rings. The third kappa shape index (κ3) is 3.84. The molecule has 0 radical (unpaired) electrons. The number of rotatable bonds is 5. The van der Waals surface area contributed by atoms with Gasteiger partial charge in [-0.05, 0) is 23.5 Å². The molecule has 1 amide bonds. The molecule has 1 heterocycles. The number of nitrogens with zero attached hydrogens (tertiary/aromatic N) is 1. The molecule has 0 bridgehead atoms. The van der Waals surface area contributed by atoms with Crippen LogP contribution in [-0.2, 0) is 9.59 Å². The number of benzene rings is 1. The van der Waals surface area contributed by atoms with Crippen LogP contribution in [-0.4, -0.2) is 29.6 Å². The van der Waals surface area contributed by atoms with Crippen molar-refractivity contribution in [3.05, 3.63) is 23.8 Å². The summed E-state index contributed by atoms with van der Waals surface area (Å²) in [7, 11) is 0. The van der Waals surface area contributed by atoms with E-state index < -0.39 is 5.97 Å². The number of para-hydroxylation sites is 1. The third-order valence-corrected chi connectivity index (χ3v) is 4.17. The van der Waals surface area contributed by atoms with Crippen LogP contribution < -0.4 is 9.64 Å². The molecule has 23 heavy (non-hydrogen) atoms. The van der Waals surface area contributed by atoms with E-state index in [1.165, 1.54) is 0 Å². The van der Waals surface area contributed by atoms with Crippen molar-refractivity contribution in [1.82, 2.24) is 0 Å². The SMILES string of the molecule is CC(C)c1cccc2c1OC(C(C)C)CN2C(=O)CCC(=O)O. The third-order valence-electron chi connectivity index (χ3n) is 4.17. The van der Waals surface area contributed by atoms with Crippen molar-refractivity contribution >= 4 is 17.6 Å². The minimum atomic E-state index is -0.955. The largest absolute Gasteiger partial charge is 0.486 e. The van der Waals surface area contributed by atoms with Crippen LogP contribution in [0.2, 0.25) is 0 Å². The molecule has 5 nitrogen and oxygen atoms in total. The molecule has 1 unspecified atom stereocenters. The van der Waals surface area contributed by atoms with E-state index in [0.29, 0.717) is 6.54 Å². The summed E-state index contributed by atoms with van der Waals surface area (Å²) in [5.74, 6) is 0.188. The molecule has 0 saturated carbocycles. The zero-order valence-electron chi connectivity index (χ0n) is 14.2. The number of carboxylic acid groups (broad SMARTS) is 1. The number of fused-ring (bicyclic) bond motifs is 1. The number of amides is 1. The molecule has 0 aromatic heterocycles. The molecule has 2 rings (SSSR count). The zero-order chi connectivity index (χ0) is 17.1. The van der Waals surface area contributed by atoms with E-state index in [9.17, 15) is 9.59 Å². The van der Waals surface area contributed by atoms with Gasteiger partial charge >= 0.3 is 5.97 Å². The number of carbonyl (C=O) groups is 2. The number of aliphatic carboxylic acids is 1. The van der Waals surface area contributed by atoms with Gasteiger partial charge in [-0.25, -0.2) is 0 Å². The van der Waals surface area contributed by atoms with Gasteiger partial charge in [0.1, 0.15) is 11.9 Å². The molecule has 126 valence electrons. The molecule has 1 aliphatic heterocycles. The molecular formula is C18H25NO4. The molecule has 1 atom stereocenters. The summed E-state index contributed by atoms with van der Waals surface area (Å²) in [6, 6.07) is 5.81. The second-order valence-electron chi connectivity index (χ2n) is 6.65. The van der Waals surface area contributed by atoms with Crippen molar-refractivity contribution in [2.75, 3.05) is 11.4 Å². The monoisotopic (exact) mass is 319 g/mol. The van der Waals surface area contributed by atoms with E-state index in [-0.39, 0.29) is 36.7 Å².